The predicted molar refractivity (Wildman–Crippen MR) is 70.4 cm³/mol. The molecule has 0 unspecified atom stereocenters. The monoisotopic (exact) mass is 268 g/mol. The molecular formula is C13H17FN2O3. The van der Waals surface area contributed by atoms with Gasteiger partial charge >= 0.3 is 0 Å². The Balaban J connectivity index is 2.82. The fourth-order valence-electron chi connectivity index (χ4n) is 1.46. The molecule has 0 aromatic heterocycles. The van der Waals surface area contributed by atoms with Crippen molar-refractivity contribution in [3.63, 3.8) is 0 Å². The van der Waals surface area contributed by atoms with Gasteiger partial charge in [0.1, 0.15) is 11.9 Å². The SMILES string of the molecule is CCO[C@@H](C)C(=O)Nc1cc(NC(C)=O)ccc1F. The van der Waals surface area contributed by atoms with E-state index in [2.05, 4.69) is 10.6 Å². The first-order chi connectivity index (χ1) is 8.93. The molecule has 104 valence electrons. The van der Waals surface area contributed by atoms with Gasteiger partial charge in [-0.05, 0) is 32.0 Å². The third-order valence-corrected chi connectivity index (χ3v) is 2.33. The Morgan fingerprint density at radius 2 is 2.05 bits per heavy atom. The first kappa shape index (κ1) is 15.1. The first-order valence-electron chi connectivity index (χ1n) is 5.93. The van der Waals surface area contributed by atoms with Crippen molar-refractivity contribution < 1.29 is 18.7 Å². The fourth-order valence-corrected chi connectivity index (χ4v) is 1.46. The molecule has 0 saturated carbocycles. The van der Waals surface area contributed by atoms with Crippen LogP contribution in [-0.4, -0.2) is 24.5 Å². The summed E-state index contributed by atoms with van der Waals surface area (Å²) in [6.07, 6.45) is -0.672. The molecule has 0 fully saturated rings. The summed E-state index contributed by atoms with van der Waals surface area (Å²) < 4.78 is 18.7. The Morgan fingerprint density at radius 1 is 1.37 bits per heavy atom. The maximum Gasteiger partial charge on any atom is 0.253 e. The number of carbonyl (C=O) groups excluding carboxylic acids is 2. The molecule has 1 aromatic carbocycles. The highest BCUT2D eigenvalue weighted by atomic mass is 19.1. The zero-order valence-corrected chi connectivity index (χ0v) is 11.1. The van der Waals surface area contributed by atoms with Crippen molar-refractivity contribution in [1.82, 2.24) is 0 Å². The van der Waals surface area contributed by atoms with Crippen LogP contribution < -0.4 is 10.6 Å². The predicted octanol–water partition coefficient (Wildman–Crippen LogP) is 2.15. The van der Waals surface area contributed by atoms with Crippen LogP contribution in [0.4, 0.5) is 15.8 Å². The van der Waals surface area contributed by atoms with Crippen LogP contribution in [0.3, 0.4) is 0 Å². The minimum Gasteiger partial charge on any atom is -0.369 e. The molecule has 0 saturated heterocycles. The molecule has 0 aliphatic rings. The van der Waals surface area contributed by atoms with Crippen LogP contribution in [0.2, 0.25) is 0 Å². The number of ether oxygens (including phenoxy) is 1. The zero-order valence-electron chi connectivity index (χ0n) is 11.1. The van der Waals surface area contributed by atoms with E-state index in [9.17, 15) is 14.0 Å². The second-order valence-corrected chi connectivity index (χ2v) is 3.96. The average molecular weight is 268 g/mol. The standard InChI is InChI=1S/C13H17FN2O3/c1-4-19-8(2)13(18)16-12-7-10(15-9(3)17)5-6-11(12)14/h5-8H,4H2,1-3H3,(H,15,17)(H,16,18)/t8-/m0/s1. The summed E-state index contributed by atoms with van der Waals surface area (Å²) >= 11 is 0. The lowest BCUT2D eigenvalue weighted by molar-refractivity contribution is -0.126. The number of amides is 2. The maximum atomic E-state index is 13.5. The van der Waals surface area contributed by atoms with E-state index in [0.717, 1.165) is 0 Å². The van der Waals surface area contributed by atoms with E-state index in [-0.39, 0.29) is 11.6 Å². The molecule has 0 aliphatic carbocycles. The lowest BCUT2D eigenvalue weighted by Crippen LogP contribution is -2.28. The van der Waals surface area contributed by atoms with E-state index in [1.54, 1.807) is 13.8 Å². The summed E-state index contributed by atoms with van der Waals surface area (Å²) in [5.74, 6) is -1.29. The van der Waals surface area contributed by atoms with E-state index < -0.39 is 17.8 Å². The van der Waals surface area contributed by atoms with Crippen LogP contribution in [0.25, 0.3) is 0 Å². The second kappa shape index (κ2) is 6.84. The van der Waals surface area contributed by atoms with Crippen molar-refractivity contribution in [2.75, 3.05) is 17.2 Å². The van der Waals surface area contributed by atoms with Gasteiger partial charge in [0.2, 0.25) is 5.91 Å². The van der Waals surface area contributed by atoms with Crippen molar-refractivity contribution in [2.45, 2.75) is 26.9 Å². The second-order valence-electron chi connectivity index (χ2n) is 3.96. The zero-order chi connectivity index (χ0) is 14.4. The third kappa shape index (κ3) is 4.67. The Kier molecular flexibility index (Phi) is 5.44. The normalized spacial score (nSPS) is 11.8. The molecule has 0 bridgehead atoms. The molecular weight excluding hydrogens is 251 g/mol. The maximum absolute atomic E-state index is 13.5. The molecule has 1 aromatic rings. The highest BCUT2D eigenvalue weighted by Crippen LogP contribution is 2.20. The van der Waals surface area contributed by atoms with Crippen LogP contribution in [0.15, 0.2) is 18.2 Å². The number of anilines is 2. The molecule has 1 atom stereocenters. The van der Waals surface area contributed by atoms with Gasteiger partial charge in [-0.25, -0.2) is 4.39 Å². The smallest absolute Gasteiger partial charge is 0.253 e. The number of nitrogens with one attached hydrogen (secondary N) is 2. The minimum atomic E-state index is -0.672. The summed E-state index contributed by atoms with van der Waals surface area (Å²) in [6.45, 7) is 5.08. The first-order valence-corrected chi connectivity index (χ1v) is 5.93. The van der Waals surface area contributed by atoms with Gasteiger partial charge < -0.3 is 15.4 Å². The van der Waals surface area contributed by atoms with E-state index in [1.807, 2.05) is 0 Å². The Bertz CT molecular complexity index is 477. The molecule has 6 heteroatoms. The van der Waals surface area contributed by atoms with Crippen LogP contribution in [-0.2, 0) is 14.3 Å². The van der Waals surface area contributed by atoms with Crippen LogP contribution >= 0.6 is 0 Å². The summed E-state index contributed by atoms with van der Waals surface area (Å²) in [7, 11) is 0. The number of halogens is 1. The quantitative estimate of drug-likeness (QED) is 0.859. The number of rotatable bonds is 5. The van der Waals surface area contributed by atoms with Gasteiger partial charge in [-0.3, -0.25) is 9.59 Å². The number of hydrogen-bond donors (Lipinski definition) is 2. The Morgan fingerprint density at radius 3 is 2.63 bits per heavy atom. The topological polar surface area (TPSA) is 67.4 Å². The van der Waals surface area contributed by atoms with E-state index in [0.29, 0.717) is 12.3 Å². The van der Waals surface area contributed by atoms with Crippen molar-refractivity contribution in [3.05, 3.63) is 24.0 Å². The summed E-state index contributed by atoms with van der Waals surface area (Å²) in [6, 6.07) is 3.94. The average Bonchev–Trinajstić information content (AvgIpc) is 2.33. The molecule has 1 rings (SSSR count). The third-order valence-electron chi connectivity index (χ3n) is 2.33. The lowest BCUT2D eigenvalue weighted by Gasteiger charge is -2.13. The van der Waals surface area contributed by atoms with E-state index in [1.165, 1.54) is 25.1 Å². The van der Waals surface area contributed by atoms with Crippen LogP contribution in [0, 0.1) is 5.82 Å². The summed E-state index contributed by atoms with van der Waals surface area (Å²) in [5.41, 5.74) is 0.413. The van der Waals surface area contributed by atoms with Crippen LogP contribution in [0.5, 0.6) is 0 Å². The number of carbonyl (C=O) groups is 2. The molecule has 2 amide bonds. The lowest BCUT2D eigenvalue weighted by atomic mass is 10.2. The highest BCUT2D eigenvalue weighted by molar-refractivity contribution is 5.95. The molecule has 5 nitrogen and oxygen atoms in total. The van der Waals surface area contributed by atoms with Crippen molar-refractivity contribution >= 4 is 23.2 Å². The van der Waals surface area contributed by atoms with Crippen molar-refractivity contribution in [1.29, 1.82) is 0 Å². The molecule has 0 aliphatic heterocycles. The van der Waals surface area contributed by atoms with Gasteiger partial charge in [-0.1, -0.05) is 0 Å². The molecule has 2 N–H and O–H groups in total. The van der Waals surface area contributed by atoms with Crippen LogP contribution in [0.1, 0.15) is 20.8 Å². The summed E-state index contributed by atoms with van der Waals surface area (Å²) in [5, 5.41) is 4.93. The minimum absolute atomic E-state index is 0.00260. The van der Waals surface area contributed by atoms with Crippen molar-refractivity contribution in [2.24, 2.45) is 0 Å². The largest absolute Gasteiger partial charge is 0.369 e. The van der Waals surface area contributed by atoms with Gasteiger partial charge in [0.25, 0.3) is 5.91 Å². The Hall–Kier alpha value is -1.95. The van der Waals surface area contributed by atoms with Gasteiger partial charge in [-0.15, -0.1) is 0 Å². The molecule has 0 spiro atoms. The Labute approximate surface area is 111 Å². The fraction of sp³-hybridized carbons (Fsp3) is 0.385. The number of benzene rings is 1. The van der Waals surface area contributed by atoms with E-state index >= 15 is 0 Å². The van der Waals surface area contributed by atoms with Gasteiger partial charge in [0.05, 0.1) is 5.69 Å². The highest BCUT2D eigenvalue weighted by Gasteiger charge is 2.15. The molecule has 0 heterocycles. The molecule has 19 heavy (non-hydrogen) atoms. The number of hydrogen-bond acceptors (Lipinski definition) is 3. The van der Waals surface area contributed by atoms with Crippen molar-refractivity contribution in [3.8, 4) is 0 Å². The summed E-state index contributed by atoms with van der Waals surface area (Å²) in [4.78, 5) is 22.6. The molecule has 0 radical (unpaired) electrons. The van der Waals surface area contributed by atoms with Gasteiger partial charge in [0, 0.05) is 19.2 Å². The van der Waals surface area contributed by atoms with Gasteiger partial charge in [0.15, 0.2) is 0 Å². The van der Waals surface area contributed by atoms with E-state index in [4.69, 9.17) is 4.74 Å². The van der Waals surface area contributed by atoms with Gasteiger partial charge in [-0.2, -0.15) is 0 Å².